The predicted molar refractivity (Wildman–Crippen MR) is 98.1 cm³/mol. The third kappa shape index (κ3) is 3.64. The van der Waals surface area contributed by atoms with Crippen LogP contribution < -0.4 is 9.47 Å². The summed E-state index contributed by atoms with van der Waals surface area (Å²) in [7, 11) is 3.33. The van der Waals surface area contributed by atoms with Gasteiger partial charge in [-0.2, -0.15) is 5.26 Å². The molecule has 0 radical (unpaired) electrons. The zero-order valence-corrected chi connectivity index (χ0v) is 14.3. The van der Waals surface area contributed by atoms with Crippen molar-refractivity contribution in [2.45, 2.75) is 5.92 Å². The summed E-state index contributed by atoms with van der Waals surface area (Å²) < 4.78 is 10.5. The number of nitriles is 1. The second kappa shape index (κ2) is 7.55. The Labute approximate surface area is 148 Å². The van der Waals surface area contributed by atoms with Gasteiger partial charge in [0.2, 0.25) is 0 Å². The Bertz CT molecular complexity index is 812. The van der Waals surface area contributed by atoms with Gasteiger partial charge in [-0.1, -0.05) is 36.4 Å². The van der Waals surface area contributed by atoms with Crippen molar-refractivity contribution in [2.24, 2.45) is 0 Å². The summed E-state index contributed by atoms with van der Waals surface area (Å²) in [4.78, 5) is 0. The van der Waals surface area contributed by atoms with Crippen LogP contribution >= 0.6 is 0 Å². The van der Waals surface area contributed by atoms with Gasteiger partial charge >= 0.3 is 0 Å². The fourth-order valence-corrected chi connectivity index (χ4v) is 2.92. The first-order valence-corrected chi connectivity index (χ1v) is 8.03. The summed E-state index contributed by atoms with van der Waals surface area (Å²) in [6.07, 6.45) is 0. The van der Waals surface area contributed by atoms with Crippen LogP contribution in [0.2, 0.25) is 0 Å². The van der Waals surface area contributed by atoms with E-state index in [1.54, 1.807) is 14.2 Å². The Morgan fingerprint density at radius 2 is 1.00 bits per heavy atom. The van der Waals surface area contributed by atoms with E-state index in [1.165, 1.54) is 0 Å². The molecule has 124 valence electrons. The van der Waals surface area contributed by atoms with Crippen molar-refractivity contribution in [3.63, 3.8) is 0 Å². The number of ether oxygens (including phenoxy) is 2. The van der Waals surface area contributed by atoms with Crippen LogP contribution in [0.15, 0.2) is 72.8 Å². The summed E-state index contributed by atoms with van der Waals surface area (Å²) in [6.45, 7) is 0. The average Bonchev–Trinajstić information content (AvgIpc) is 2.70. The quantitative estimate of drug-likeness (QED) is 0.634. The lowest BCUT2D eigenvalue weighted by molar-refractivity contribution is 0.414. The average molecular weight is 329 g/mol. The number of methoxy groups -OCH3 is 2. The van der Waals surface area contributed by atoms with Crippen LogP contribution in [-0.2, 0) is 0 Å². The van der Waals surface area contributed by atoms with E-state index in [0.717, 1.165) is 28.2 Å². The molecule has 0 spiro atoms. The first-order chi connectivity index (χ1) is 12.2. The summed E-state index contributed by atoms with van der Waals surface area (Å²) in [6, 6.07) is 26.1. The Kier molecular flexibility index (Phi) is 5.01. The van der Waals surface area contributed by atoms with Gasteiger partial charge in [0, 0.05) is 5.92 Å². The Hall–Kier alpha value is -3.25. The maximum absolute atomic E-state index is 9.04. The summed E-state index contributed by atoms with van der Waals surface area (Å²) >= 11 is 0. The van der Waals surface area contributed by atoms with Crippen molar-refractivity contribution >= 4 is 0 Å². The largest absolute Gasteiger partial charge is 0.497 e. The van der Waals surface area contributed by atoms with Crippen molar-refractivity contribution in [3.05, 3.63) is 95.1 Å². The molecule has 0 aliphatic rings. The molecule has 0 N–H and O–H groups in total. The standard InChI is InChI=1S/C22H19NO2/c1-24-20-11-7-18(8-12-20)22(17-5-3-16(15-23)4-6-17)19-9-13-21(25-2)14-10-19/h3-14,22H,1-2H3. The number of benzene rings is 3. The van der Waals surface area contributed by atoms with E-state index in [2.05, 4.69) is 30.3 Å². The highest BCUT2D eigenvalue weighted by Gasteiger charge is 2.17. The summed E-state index contributed by atoms with van der Waals surface area (Å²) in [5.74, 6) is 1.73. The van der Waals surface area contributed by atoms with Gasteiger partial charge in [0.1, 0.15) is 11.5 Å². The molecule has 0 aromatic heterocycles. The molecule has 0 fully saturated rings. The maximum atomic E-state index is 9.04. The topological polar surface area (TPSA) is 42.2 Å². The second-order valence-electron chi connectivity index (χ2n) is 5.71. The van der Waals surface area contributed by atoms with Gasteiger partial charge in [0.05, 0.1) is 25.9 Å². The van der Waals surface area contributed by atoms with Crippen LogP contribution in [-0.4, -0.2) is 14.2 Å². The minimum atomic E-state index is 0.0737. The third-order valence-corrected chi connectivity index (χ3v) is 4.27. The summed E-state index contributed by atoms with van der Waals surface area (Å²) in [5, 5.41) is 9.04. The lowest BCUT2D eigenvalue weighted by Crippen LogP contribution is -2.03. The lowest BCUT2D eigenvalue weighted by Gasteiger charge is -2.19. The molecular formula is C22H19NO2. The molecule has 0 atom stereocenters. The van der Waals surface area contributed by atoms with Crippen LogP contribution in [0, 0.1) is 11.3 Å². The molecule has 0 bridgehead atoms. The van der Waals surface area contributed by atoms with Crippen molar-refractivity contribution in [1.82, 2.24) is 0 Å². The Morgan fingerprint density at radius 3 is 1.32 bits per heavy atom. The van der Waals surface area contributed by atoms with Crippen molar-refractivity contribution in [3.8, 4) is 17.6 Å². The lowest BCUT2D eigenvalue weighted by atomic mass is 9.85. The highest BCUT2D eigenvalue weighted by molar-refractivity contribution is 5.47. The summed E-state index contributed by atoms with van der Waals surface area (Å²) in [5.41, 5.74) is 4.12. The van der Waals surface area contributed by atoms with E-state index in [1.807, 2.05) is 48.5 Å². The highest BCUT2D eigenvalue weighted by atomic mass is 16.5. The van der Waals surface area contributed by atoms with E-state index >= 15 is 0 Å². The molecule has 3 rings (SSSR count). The molecule has 0 aliphatic carbocycles. The molecule has 0 saturated heterocycles. The minimum Gasteiger partial charge on any atom is -0.497 e. The molecule has 0 aliphatic heterocycles. The van der Waals surface area contributed by atoms with Crippen molar-refractivity contribution < 1.29 is 9.47 Å². The molecule has 0 amide bonds. The predicted octanol–water partition coefficient (Wildman–Crippen LogP) is 4.76. The molecule has 3 aromatic rings. The second-order valence-corrected chi connectivity index (χ2v) is 5.71. The van der Waals surface area contributed by atoms with E-state index in [9.17, 15) is 0 Å². The van der Waals surface area contributed by atoms with Crippen molar-refractivity contribution in [1.29, 1.82) is 5.26 Å². The van der Waals surface area contributed by atoms with Gasteiger partial charge in [0.25, 0.3) is 0 Å². The first-order valence-electron chi connectivity index (χ1n) is 8.03. The highest BCUT2D eigenvalue weighted by Crippen LogP contribution is 2.33. The monoisotopic (exact) mass is 329 g/mol. The molecule has 3 aromatic carbocycles. The zero-order valence-electron chi connectivity index (χ0n) is 14.3. The first kappa shape index (κ1) is 16.6. The van der Waals surface area contributed by atoms with Gasteiger partial charge in [-0.3, -0.25) is 0 Å². The fraction of sp³-hybridized carbons (Fsp3) is 0.136. The molecule has 3 heteroatoms. The minimum absolute atomic E-state index is 0.0737. The van der Waals surface area contributed by atoms with Crippen LogP contribution in [0.25, 0.3) is 0 Å². The van der Waals surface area contributed by atoms with Gasteiger partial charge in [-0.25, -0.2) is 0 Å². The van der Waals surface area contributed by atoms with Crippen LogP contribution in [0.5, 0.6) is 11.5 Å². The van der Waals surface area contributed by atoms with E-state index in [-0.39, 0.29) is 5.92 Å². The number of hydrogen-bond donors (Lipinski definition) is 0. The molecule has 25 heavy (non-hydrogen) atoms. The van der Waals surface area contributed by atoms with E-state index in [4.69, 9.17) is 14.7 Å². The number of nitrogens with zero attached hydrogens (tertiary/aromatic N) is 1. The normalized spacial score (nSPS) is 10.3. The van der Waals surface area contributed by atoms with Gasteiger partial charge in [-0.15, -0.1) is 0 Å². The number of rotatable bonds is 5. The SMILES string of the molecule is COc1ccc(C(c2ccc(C#N)cc2)c2ccc(OC)cc2)cc1. The molecule has 0 saturated carbocycles. The van der Waals surface area contributed by atoms with Crippen molar-refractivity contribution in [2.75, 3.05) is 14.2 Å². The molecule has 3 nitrogen and oxygen atoms in total. The maximum Gasteiger partial charge on any atom is 0.118 e. The van der Waals surface area contributed by atoms with E-state index in [0.29, 0.717) is 5.56 Å². The third-order valence-electron chi connectivity index (χ3n) is 4.27. The number of hydrogen-bond acceptors (Lipinski definition) is 3. The van der Waals surface area contributed by atoms with Gasteiger partial charge < -0.3 is 9.47 Å². The van der Waals surface area contributed by atoms with E-state index < -0.39 is 0 Å². The van der Waals surface area contributed by atoms with Gasteiger partial charge in [0.15, 0.2) is 0 Å². The van der Waals surface area contributed by atoms with Crippen LogP contribution in [0.1, 0.15) is 28.2 Å². The Morgan fingerprint density at radius 1 is 0.640 bits per heavy atom. The molecule has 0 heterocycles. The molecular weight excluding hydrogens is 310 g/mol. The molecule has 0 unspecified atom stereocenters. The van der Waals surface area contributed by atoms with Crippen LogP contribution in [0.4, 0.5) is 0 Å². The van der Waals surface area contributed by atoms with Crippen LogP contribution in [0.3, 0.4) is 0 Å². The zero-order chi connectivity index (χ0) is 17.6. The smallest absolute Gasteiger partial charge is 0.118 e. The fourth-order valence-electron chi connectivity index (χ4n) is 2.92. The Balaban J connectivity index is 2.06. The van der Waals surface area contributed by atoms with Gasteiger partial charge in [-0.05, 0) is 53.1 Å².